The number of nitrogens with zero attached hydrogens (tertiary/aromatic N) is 1. The van der Waals surface area contributed by atoms with Crippen LogP contribution in [0.4, 0.5) is 0 Å². The van der Waals surface area contributed by atoms with Crippen LogP contribution in [0.3, 0.4) is 0 Å². The number of sulfone groups is 1. The number of oxime groups is 1. The second-order valence-corrected chi connectivity index (χ2v) is 13.0. The summed E-state index contributed by atoms with van der Waals surface area (Å²) < 4.78 is 26.2. The lowest BCUT2D eigenvalue weighted by Gasteiger charge is -2.35. The van der Waals surface area contributed by atoms with Crippen molar-refractivity contribution in [3.8, 4) is 0 Å². The predicted octanol–water partition coefficient (Wildman–Crippen LogP) is 5.39. The van der Waals surface area contributed by atoms with E-state index < -0.39 is 20.6 Å². The predicted molar refractivity (Wildman–Crippen MR) is 144 cm³/mol. The minimum Gasteiger partial charge on any atom is -0.394 e. The van der Waals surface area contributed by atoms with Gasteiger partial charge in [-0.05, 0) is 92.7 Å². The number of benzene rings is 2. The maximum atomic E-state index is 13.1. The lowest BCUT2D eigenvalue weighted by atomic mass is 9.82. The van der Waals surface area contributed by atoms with Crippen LogP contribution in [-0.4, -0.2) is 36.6 Å². The number of aliphatic hydroxyl groups excluding tert-OH is 1. The van der Waals surface area contributed by atoms with Gasteiger partial charge in [-0.25, -0.2) is 8.42 Å². The molecule has 4 rings (SSSR count). The fraction of sp³-hybridized carbons (Fsp3) is 0.552. The third kappa shape index (κ3) is 6.18. The molecule has 3 N–H and O–H groups in total. The summed E-state index contributed by atoms with van der Waals surface area (Å²) >= 11 is 0. The van der Waals surface area contributed by atoms with Gasteiger partial charge < -0.3 is 15.7 Å². The lowest BCUT2D eigenvalue weighted by molar-refractivity contribution is 0.130. The minimum atomic E-state index is -3.44. The number of nitrogens with two attached hydrogens (primary N) is 1. The third-order valence-corrected chi connectivity index (χ3v) is 10.4. The molecule has 196 valence electrons. The summed E-state index contributed by atoms with van der Waals surface area (Å²) in [6.07, 6.45) is 8.56. The molecule has 2 aromatic rings. The zero-order chi connectivity index (χ0) is 25.8. The van der Waals surface area contributed by atoms with Crippen molar-refractivity contribution in [3.05, 3.63) is 64.7 Å². The van der Waals surface area contributed by atoms with Gasteiger partial charge in [-0.2, -0.15) is 0 Å². The van der Waals surface area contributed by atoms with Crippen LogP contribution < -0.4 is 5.73 Å². The number of aliphatic hydroxyl groups is 1. The fourth-order valence-corrected chi connectivity index (χ4v) is 7.43. The van der Waals surface area contributed by atoms with Gasteiger partial charge >= 0.3 is 0 Å². The van der Waals surface area contributed by atoms with Crippen molar-refractivity contribution in [2.45, 2.75) is 99.8 Å². The SMILES string of the molecule is CC(=NOCc1ccc(C2CCCCC2)c(C)c1)c1ccc(S(=O)(=O)C2CCC(N)(CO)CC2)cc1. The molecular weight excluding hydrogens is 472 g/mol. The van der Waals surface area contributed by atoms with Gasteiger partial charge in [0.2, 0.25) is 0 Å². The first-order valence-corrected chi connectivity index (χ1v) is 14.8. The Labute approximate surface area is 215 Å². The monoisotopic (exact) mass is 512 g/mol. The highest BCUT2D eigenvalue weighted by Crippen LogP contribution is 2.35. The maximum absolute atomic E-state index is 13.1. The zero-order valence-corrected chi connectivity index (χ0v) is 22.4. The first kappa shape index (κ1) is 26.8. The average Bonchev–Trinajstić information content (AvgIpc) is 2.89. The number of hydrogen-bond donors (Lipinski definition) is 2. The maximum Gasteiger partial charge on any atom is 0.181 e. The van der Waals surface area contributed by atoms with Crippen molar-refractivity contribution in [2.75, 3.05) is 6.61 Å². The molecule has 0 bridgehead atoms. The quantitative estimate of drug-likeness (QED) is 0.365. The Kier molecular flexibility index (Phi) is 8.53. The second-order valence-electron chi connectivity index (χ2n) is 10.8. The molecule has 0 atom stereocenters. The van der Waals surface area contributed by atoms with Crippen molar-refractivity contribution >= 4 is 15.5 Å². The van der Waals surface area contributed by atoms with Crippen molar-refractivity contribution in [3.63, 3.8) is 0 Å². The van der Waals surface area contributed by atoms with Crippen LogP contribution >= 0.6 is 0 Å². The highest BCUT2D eigenvalue weighted by Gasteiger charge is 2.37. The van der Waals surface area contributed by atoms with Gasteiger partial charge in [-0.15, -0.1) is 0 Å². The molecule has 0 aromatic heterocycles. The molecule has 0 radical (unpaired) electrons. The molecule has 0 unspecified atom stereocenters. The van der Waals surface area contributed by atoms with E-state index in [1.807, 2.05) is 6.92 Å². The van der Waals surface area contributed by atoms with Crippen LogP contribution in [0.15, 0.2) is 52.5 Å². The Bertz CT molecular complexity index is 1160. The molecule has 2 aliphatic carbocycles. The molecule has 0 heterocycles. The Hall–Kier alpha value is -2.22. The Balaban J connectivity index is 1.34. The van der Waals surface area contributed by atoms with E-state index in [4.69, 9.17) is 10.6 Å². The standard InChI is InChI=1S/C29H40N2O4S/c1-21-18-23(8-13-28(21)25-6-4-3-5-7-25)19-35-31-22(2)24-9-11-26(12-10-24)36(33,34)27-14-16-29(30,20-32)17-15-27/h8-13,18,25,27,32H,3-7,14-17,19-20,30H2,1-2H3. The molecule has 0 saturated heterocycles. The molecule has 2 aromatic carbocycles. The van der Waals surface area contributed by atoms with Gasteiger partial charge in [0.25, 0.3) is 0 Å². The van der Waals surface area contributed by atoms with Crippen LogP contribution in [-0.2, 0) is 21.3 Å². The highest BCUT2D eigenvalue weighted by molar-refractivity contribution is 7.92. The van der Waals surface area contributed by atoms with Crippen LogP contribution in [0.5, 0.6) is 0 Å². The second kappa shape index (κ2) is 11.4. The molecule has 2 saturated carbocycles. The van der Waals surface area contributed by atoms with Crippen molar-refractivity contribution in [1.82, 2.24) is 0 Å². The van der Waals surface area contributed by atoms with E-state index >= 15 is 0 Å². The smallest absolute Gasteiger partial charge is 0.181 e. The van der Waals surface area contributed by atoms with Crippen molar-refractivity contribution < 1.29 is 18.4 Å². The molecule has 2 aliphatic rings. The van der Waals surface area contributed by atoms with E-state index in [1.165, 1.54) is 43.2 Å². The topological polar surface area (TPSA) is 102 Å². The van der Waals surface area contributed by atoms with Crippen molar-refractivity contribution in [2.24, 2.45) is 10.9 Å². The summed E-state index contributed by atoms with van der Waals surface area (Å²) in [6, 6.07) is 13.4. The summed E-state index contributed by atoms with van der Waals surface area (Å²) in [4.78, 5) is 5.95. The average molecular weight is 513 g/mol. The summed E-state index contributed by atoms with van der Waals surface area (Å²) in [5.41, 5.74) is 10.9. The first-order chi connectivity index (χ1) is 17.2. The number of aryl methyl sites for hydroxylation is 1. The largest absolute Gasteiger partial charge is 0.394 e. The van der Waals surface area contributed by atoms with Crippen LogP contribution in [0.25, 0.3) is 0 Å². The lowest BCUT2D eigenvalue weighted by Crippen LogP contribution is -2.48. The van der Waals surface area contributed by atoms with E-state index in [-0.39, 0.29) is 6.61 Å². The van der Waals surface area contributed by atoms with Crippen LogP contribution in [0, 0.1) is 6.92 Å². The summed E-state index contributed by atoms with van der Waals surface area (Å²) in [7, 11) is -3.44. The van der Waals surface area contributed by atoms with Crippen molar-refractivity contribution in [1.29, 1.82) is 0 Å². The summed E-state index contributed by atoms with van der Waals surface area (Å²) in [6.45, 7) is 4.33. The fourth-order valence-electron chi connectivity index (χ4n) is 5.67. The molecular formula is C29H40N2O4S. The van der Waals surface area contributed by atoms with Gasteiger partial charge in [-0.3, -0.25) is 0 Å². The molecule has 0 amide bonds. The summed E-state index contributed by atoms with van der Waals surface area (Å²) in [5.74, 6) is 0.689. The molecule has 36 heavy (non-hydrogen) atoms. The Morgan fingerprint density at radius 3 is 2.33 bits per heavy atom. The number of rotatable bonds is 8. The third-order valence-electron chi connectivity index (χ3n) is 8.09. The van der Waals surface area contributed by atoms with Gasteiger partial charge in [0.15, 0.2) is 9.84 Å². The molecule has 6 nitrogen and oxygen atoms in total. The van der Waals surface area contributed by atoms with E-state index in [1.54, 1.807) is 24.3 Å². The Morgan fingerprint density at radius 1 is 1.06 bits per heavy atom. The van der Waals surface area contributed by atoms with Crippen LogP contribution in [0.1, 0.15) is 92.9 Å². The molecule has 0 spiro atoms. The molecule has 2 fully saturated rings. The Morgan fingerprint density at radius 2 is 1.72 bits per heavy atom. The minimum absolute atomic E-state index is 0.111. The number of hydrogen-bond acceptors (Lipinski definition) is 6. The summed E-state index contributed by atoms with van der Waals surface area (Å²) in [5, 5.41) is 13.2. The van der Waals surface area contributed by atoms with Gasteiger partial charge in [0, 0.05) is 5.54 Å². The first-order valence-electron chi connectivity index (χ1n) is 13.2. The van der Waals surface area contributed by atoms with E-state index in [9.17, 15) is 13.5 Å². The normalized spacial score (nSPS) is 24.0. The molecule has 7 heteroatoms. The van der Waals surface area contributed by atoms with Gasteiger partial charge in [0.1, 0.15) is 6.61 Å². The van der Waals surface area contributed by atoms with E-state index in [0.717, 1.165) is 11.1 Å². The highest BCUT2D eigenvalue weighted by atomic mass is 32.2. The van der Waals surface area contributed by atoms with Crippen LogP contribution in [0.2, 0.25) is 0 Å². The van der Waals surface area contributed by atoms with Gasteiger partial charge in [0.05, 0.1) is 22.5 Å². The zero-order valence-electron chi connectivity index (χ0n) is 21.6. The van der Waals surface area contributed by atoms with E-state index in [2.05, 4.69) is 30.3 Å². The van der Waals surface area contributed by atoms with E-state index in [0.29, 0.717) is 48.8 Å². The molecule has 0 aliphatic heterocycles. The van der Waals surface area contributed by atoms with Gasteiger partial charge in [-0.1, -0.05) is 54.8 Å².